The van der Waals surface area contributed by atoms with E-state index in [0.717, 1.165) is 44.7 Å². The van der Waals surface area contributed by atoms with Crippen LogP contribution in [0.25, 0.3) is 0 Å². The van der Waals surface area contributed by atoms with E-state index in [4.69, 9.17) is 0 Å². The van der Waals surface area contributed by atoms with E-state index >= 15 is 0 Å². The molecular formula is C19H30N4O. The molecule has 1 aromatic rings. The van der Waals surface area contributed by atoms with E-state index in [9.17, 15) is 5.11 Å². The number of aromatic nitrogens is 2. The van der Waals surface area contributed by atoms with Crippen LogP contribution in [0.3, 0.4) is 0 Å². The molecule has 0 amide bonds. The third-order valence-electron chi connectivity index (χ3n) is 6.23. The molecular weight excluding hydrogens is 300 g/mol. The SMILES string of the molecule is CCCc1cnc(N2C[C@H]3C[C@@H](N4CCCC4)[C@H](O)C[C@H]3C2)nc1. The predicted octanol–water partition coefficient (Wildman–Crippen LogP) is 2.10. The van der Waals surface area contributed by atoms with Crippen LogP contribution in [0, 0.1) is 11.8 Å². The Morgan fingerprint density at radius 3 is 2.42 bits per heavy atom. The van der Waals surface area contributed by atoms with Crippen molar-refractivity contribution in [3.8, 4) is 0 Å². The lowest BCUT2D eigenvalue weighted by Crippen LogP contribution is -2.48. The maximum atomic E-state index is 10.6. The second kappa shape index (κ2) is 6.96. The van der Waals surface area contributed by atoms with Crippen LogP contribution in [0.1, 0.15) is 44.6 Å². The molecule has 3 heterocycles. The van der Waals surface area contributed by atoms with Gasteiger partial charge in [0.25, 0.3) is 0 Å². The zero-order valence-electron chi connectivity index (χ0n) is 14.8. The van der Waals surface area contributed by atoms with Gasteiger partial charge >= 0.3 is 0 Å². The van der Waals surface area contributed by atoms with E-state index < -0.39 is 0 Å². The number of rotatable bonds is 4. The molecule has 2 aliphatic heterocycles. The summed E-state index contributed by atoms with van der Waals surface area (Å²) in [5.74, 6) is 2.15. The molecule has 4 atom stereocenters. The van der Waals surface area contributed by atoms with Crippen molar-refractivity contribution in [3.63, 3.8) is 0 Å². The predicted molar refractivity (Wildman–Crippen MR) is 95.1 cm³/mol. The summed E-state index contributed by atoms with van der Waals surface area (Å²) in [6.45, 7) is 6.58. The first kappa shape index (κ1) is 16.3. The lowest BCUT2D eigenvalue weighted by atomic mass is 9.77. The Morgan fingerprint density at radius 1 is 1.08 bits per heavy atom. The largest absolute Gasteiger partial charge is 0.391 e. The third kappa shape index (κ3) is 3.16. The van der Waals surface area contributed by atoms with Crippen LogP contribution in [0.15, 0.2) is 12.4 Å². The zero-order valence-corrected chi connectivity index (χ0v) is 14.8. The lowest BCUT2D eigenvalue weighted by molar-refractivity contribution is -0.000854. The van der Waals surface area contributed by atoms with E-state index in [1.54, 1.807) is 0 Å². The molecule has 1 aliphatic carbocycles. The fourth-order valence-corrected chi connectivity index (χ4v) is 4.97. The van der Waals surface area contributed by atoms with Gasteiger partial charge in [0.1, 0.15) is 0 Å². The smallest absolute Gasteiger partial charge is 0.225 e. The van der Waals surface area contributed by atoms with Gasteiger partial charge in [-0.15, -0.1) is 0 Å². The number of aliphatic hydroxyl groups is 1. The summed E-state index contributed by atoms with van der Waals surface area (Å²) in [4.78, 5) is 14.1. The molecule has 5 nitrogen and oxygen atoms in total. The standard InChI is InChI=1S/C19H30N4O/c1-2-5-14-10-20-19(21-11-14)23-12-15-8-17(22-6-3-4-7-22)18(24)9-16(15)13-23/h10-11,15-18,24H,2-9,12-13H2,1H3/t15-,16+,17-,18-/m1/s1. The van der Waals surface area contributed by atoms with Crippen LogP contribution >= 0.6 is 0 Å². The number of fused-ring (bicyclic) bond motifs is 1. The Labute approximate surface area is 145 Å². The number of hydrogen-bond acceptors (Lipinski definition) is 5. The van der Waals surface area contributed by atoms with E-state index in [1.807, 2.05) is 12.4 Å². The van der Waals surface area contributed by atoms with Crippen LogP contribution < -0.4 is 4.90 Å². The van der Waals surface area contributed by atoms with E-state index in [1.165, 1.54) is 31.5 Å². The Hall–Kier alpha value is -1.20. The van der Waals surface area contributed by atoms with Gasteiger partial charge in [-0.3, -0.25) is 4.90 Å². The van der Waals surface area contributed by atoms with Gasteiger partial charge in [0, 0.05) is 31.5 Å². The van der Waals surface area contributed by atoms with Crippen LogP contribution in [-0.4, -0.2) is 58.3 Å². The molecule has 1 N–H and O–H groups in total. The van der Waals surface area contributed by atoms with Crippen LogP contribution in [0.5, 0.6) is 0 Å². The van der Waals surface area contributed by atoms with E-state index in [-0.39, 0.29) is 6.10 Å². The molecule has 3 fully saturated rings. The van der Waals surface area contributed by atoms with Gasteiger partial charge in [0.05, 0.1) is 6.10 Å². The van der Waals surface area contributed by atoms with Gasteiger partial charge in [-0.25, -0.2) is 9.97 Å². The average molecular weight is 330 g/mol. The molecule has 132 valence electrons. The second-order valence-electron chi connectivity index (χ2n) is 7.92. The van der Waals surface area contributed by atoms with Crippen LogP contribution in [-0.2, 0) is 6.42 Å². The van der Waals surface area contributed by atoms with Gasteiger partial charge < -0.3 is 10.0 Å². The molecule has 4 rings (SSSR count). The number of likely N-dealkylation sites (tertiary alicyclic amines) is 1. The van der Waals surface area contributed by atoms with E-state index in [2.05, 4.69) is 26.7 Å². The summed E-state index contributed by atoms with van der Waals surface area (Å²) in [6.07, 6.45) is 10.7. The molecule has 0 radical (unpaired) electrons. The summed E-state index contributed by atoms with van der Waals surface area (Å²) in [7, 11) is 0. The number of hydrogen-bond donors (Lipinski definition) is 1. The number of aryl methyl sites for hydroxylation is 1. The summed E-state index contributed by atoms with van der Waals surface area (Å²) in [5.41, 5.74) is 1.22. The quantitative estimate of drug-likeness (QED) is 0.916. The van der Waals surface area contributed by atoms with Crippen LogP contribution in [0.2, 0.25) is 0 Å². The highest BCUT2D eigenvalue weighted by atomic mass is 16.3. The van der Waals surface area contributed by atoms with Gasteiger partial charge in [-0.05, 0) is 62.6 Å². The topological polar surface area (TPSA) is 52.5 Å². The minimum Gasteiger partial charge on any atom is -0.391 e. The van der Waals surface area contributed by atoms with Crippen molar-refractivity contribution >= 4 is 5.95 Å². The second-order valence-corrected chi connectivity index (χ2v) is 7.92. The Balaban J connectivity index is 1.41. The number of aliphatic hydroxyl groups excluding tert-OH is 1. The Morgan fingerprint density at radius 2 is 1.75 bits per heavy atom. The third-order valence-corrected chi connectivity index (χ3v) is 6.23. The van der Waals surface area contributed by atoms with Crippen molar-refractivity contribution in [1.29, 1.82) is 0 Å². The molecule has 0 unspecified atom stereocenters. The molecule has 1 aromatic heterocycles. The normalized spacial score (nSPS) is 33.8. The molecule has 0 aromatic carbocycles. The molecule has 3 aliphatic rings. The maximum Gasteiger partial charge on any atom is 0.225 e. The molecule has 24 heavy (non-hydrogen) atoms. The first-order valence-corrected chi connectivity index (χ1v) is 9.72. The summed E-state index contributed by atoms with van der Waals surface area (Å²) < 4.78 is 0. The molecule has 5 heteroatoms. The monoisotopic (exact) mass is 330 g/mol. The summed E-state index contributed by atoms with van der Waals surface area (Å²) in [6, 6.07) is 0.376. The van der Waals surface area contributed by atoms with Crippen molar-refractivity contribution in [2.75, 3.05) is 31.1 Å². The van der Waals surface area contributed by atoms with Gasteiger partial charge in [0.15, 0.2) is 0 Å². The highest BCUT2D eigenvalue weighted by Gasteiger charge is 2.44. The molecule has 2 saturated heterocycles. The molecule has 0 spiro atoms. The highest BCUT2D eigenvalue weighted by molar-refractivity contribution is 5.33. The Bertz CT molecular complexity index is 543. The lowest BCUT2D eigenvalue weighted by Gasteiger charge is -2.40. The average Bonchev–Trinajstić information content (AvgIpc) is 3.24. The van der Waals surface area contributed by atoms with E-state index in [0.29, 0.717) is 17.9 Å². The van der Waals surface area contributed by atoms with Crippen molar-refractivity contribution < 1.29 is 5.11 Å². The van der Waals surface area contributed by atoms with Crippen molar-refractivity contribution in [2.45, 2.75) is 57.6 Å². The maximum absolute atomic E-state index is 10.6. The fourth-order valence-electron chi connectivity index (χ4n) is 4.97. The first-order valence-electron chi connectivity index (χ1n) is 9.72. The molecule has 0 bridgehead atoms. The highest BCUT2D eigenvalue weighted by Crippen LogP contribution is 2.39. The number of anilines is 1. The van der Waals surface area contributed by atoms with Crippen molar-refractivity contribution in [3.05, 3.63) is 18.0 Å². The van der Waals surface area contributed by atoms with Crippen molar-refractivity contribution in [2.24, 2.45) is 11.8 Å². The first-order chi connectivity index (χ1) is 11.7. The minimum absolute atomic E-state index is 0.155. The van der Waals surface area contributed by atoms with Crippen LogP contribution in [0.4, 0.5) is 5.95 Å². The minimum atomic E-state index is -0.155. The summed E-state index contributed by atoms with van der Waals surface area (Å²) >= 11 is 0. The molecule has 1 saturated carbocycles. The van der Waals surface area contributed by atoms with Gasteiger partial charge in [0.2, 0.25) is 5.95 Å². The van der Waals surface area contributed by atoms with Gasteiger partial charge in [-0.1, -0.05) is 13.3 Å². The van der Waals surface area contributed by atoms with Crippen molar-refractivity contribution in [1.82, 2.24) is 14.9 Å². The number of nitrogens with zero attached hydrogens (tertiary/aromatic N) is 4. The summed E-state index contributed by atoms with van der Waals surface area (Å²) in [5, 5.41) is 10.6. The van der Waals surface area contributed by atoms with Gasteiger partial charge in [-0.2, -0.15) is 0 Å². The Kier molecular flexibility index (Phi) is 4.72. The zero-order chi connectivity index (χ0) is 16.5. The fraction of sp³-hybridized carbons (Fsp3) is 0.789.